The average Bonchev–Trinajstić information content (AvgIpc) is 2.82. The molecule has 0 unspecified atom stereocenters. The van der Waals surface area contributed by atoms with Gasteiger partial charge in [-0.3, -0.25) is 4.72 Å². The molecule has 21 heavy (non-hydrogen) atoms. The van der Waals surface area contributed by atoms with Crippen molar-refractivity contribution in [3.63, 3.8) is 0 Å². The Balaban J connectivity index is 2.41. The normalized spacial score (nSPS) is 11.9. The van der Waals surface area contributed by atoms with E-state index in [-0.39, 0.29) is 10.8 Å². The molecule has 0 saturated carbocycles. The van der Waals surface area contributed by atoms with Crippen LogP contribution in [0.3, 0.4) is 0 Å². The molecule has 0 aliphatic rings. The van der Waals surface area contributed by atoms with Crippen LogP contribution in [0.2, 0.25) is 0 Å². The highest BCUT2D eigenvalue weighted by molar-refractivity contribution is 7.93. The Kier molecular flexibility index (Phi) is 4.25. The number of nitrogens with one attached hydrogen (secondary N) is 1. The summed E-state index contributed by atoms with van der Waals surface area (Å²) >= 11 is 1.28. The van der Waals surface area contributed by atoms with Crippen LogP contribution >= 0.6 is 11.3 Å². The highest BCUT2D eigenvalue weighted by Gasteiger charge is 2.22. The number of anilines is 2. The number of hydrogen-bond acceptors (Lipinski definition) is 5. The van der Waals surface area contributed by atoms with Gasteiger partial charge in [-0.2, -0.15) is 0 Å². The predicted octanol–water partition coefficient (Wildman–Crippen LogP) is 3.27. The van der Waals surface area contributed by atoms with Crippen molar-refractivity contribution in [2.45, 2.75) is 38.5 Å². The summed E-state index contributed by atoms with van der Waals surface area (Å²) in [6.07, 6.45) is 0. The van der Waals surface area contributed by atoms with Crippen LogP contribution in [0.1, 0.15) is 36.6 Å². The van der Waals surface area contributed by atoms with Crippen LogP contribution in [0.4, 0.5) is 10.8 Å². The number of nitrogen functional groups attached to an aromatic ring is 1. The zero-order valence-electron chi connectivity index (χ0n) is 12.5. The van der Waals surface area contributed by atoms with Crippen LogP contribution in [0.5, 0.6) is 0 Å². The summed E-state index contributed by atoms with van der Waals surface area (Å²) < 4.78 is 27.7. The molecule has 0 amide bonds. The number of aromatic nitrogens is 1. The van der Waals surface area contributed by atoms with Crippen LogP contribution < -0.4 is 10.5 Å². The lowest BCUT2D eigenvalue weighted by Gasteiger charge is -2.13. The van der Waals surface area contributed by atoms with Crippen LogP contribution in [-0.2, 0) is 10.0 Å². The van der Waals surface area contributed by atoms with Crippen LogP contribution in [-0.4, -0.2) is 13.4 Å². The quantitative estimate of drug-likeness (QED) is 0.845. The topological polar surface area (TPSA) is 85.1 Å². The molecule has 0 spiro atoms. The highest BCUT2D eigenvalue weighted by Crippen LogP contribution is 2.28. The zero-order valence-corrected chi connectivity index (χ0v) is 14.1. The largest absolute Gasteiger partial charge is 0.398 e. The van der Waals surface area contributed by atoms with Gasteiger partial charge in [0.2, 0.25) is 0 Å². The molecule has 2 rings (SSSR count). The lowest BCUT2D eigenvalue weighted by Crippen LogP contribution is -2.16. The van der Waals surface area contributed by atoms with Gasteiger partial charge in [0.1, 0.15) is 0 Å². The molecule has 0 fully saturated rings. The van der Waals surface area contributed by atoms with Crippen molar-refractivity contribution >= 4 is 32.2 Å². The van der Waals surface area contributed by atoms with E-state index < -0.39 is 10.0 Å². The molecule has 5 nitrogen and oxygen atoms in total. The highest BCUT2D eigenvalue weighted by atomic mass is 32.2. The molecule has 0 aliphatic carbocycles. The van der Waals surface area contributed by atoms with Gasteiger partial charge in [-0.1, -0.05) is 19.9 Å². The minimum absolute atomic E-state index is 0.226. The Bertz CT molecular complexity index is 765. The van der Waals surface area contributed by atoms with Gasteiger partial charge in [0.25, 0.3) is 10.0 Å². The fourth-order valence-electron chi connectivity index (χ4n) is 2.02. The number of benzene rings is 1. The second-order valence-electron chi connectivity index (χ2n) is 5.26. The Morgan fingerprint density at radius 3 is 2.52 bits per heavy atom. The first-order chi connectivity index (χ1) is 9.72. The van der Waals surface area contributed by atoms with Crippen LogP contribution in [0, 0.1) is 13.8 Å². The van der Waals surface area contributed by atoms with Gasteiger partial charge in [-0.15, -0.1) is 11.3 Å². The Morgan fingerprint density at radius 1 is 1.29 bits per heavy atom. The maximum Gasteiger partial charge on any atom is 0.264 e. The molecule has 3 N–H and O–H groups in total. The van der Waals surface area contributed by atoms with Gasteiger partial charge in [0.05, 0.1) is 10.6 Å². The molecular formula is C14H19N3O2S2. The van der Waals surface area contributed by atoms with Crippen LogP contribution in [0.15, 0.2) is 22.4 Å². The number of sulfonamides is 1. The number of rotatable bonds is 4. The summed E-state index contributed by atoms with van der Waals surface area (Å²) in [6.45, 7) is 7.49. The van der Waals surface area contributed by atoms with Crippen molar-refractivity contribution < 1.29 is 8.42 Å². The minimum Gasteiger partial charge on any atom is -0.398 e. The summed E-state index contributed by atoms with van der Waals surface area (Å²) in [5.41, 5.74) is 8.37. The summed E-state index contributed by atoms with van der Waals surface area (Å²) in [5, 5.41) is 2.24. The second kappa shape index (κ2) is 5.65. The van der Waals surface area contributed by atoms with E-state index >= 15 is 0 Å². The molecule has 114 valence electrons. The first-order valence-electron chi connectivity index (χ1n) is 6.56. The number of nitrogens with two attached hydrogens (primary N) is 1. The molecule has 0 saturated heterocycles. The Morgan fingerprint density at radius 2 is 1.95 bits per heavy atom. The molecule has 1 heterocycles. The summed E-state index contributed by atoms with van der Waals surface area (Å²) in [7, 11) is -3.69. The Hall–Kier alpha value is -1.60. The van der Waals surface area contributed by atoms with Gasteiger partial charge in [0, 0.05) is 11.1 Å². The Labute approximate surface area is 129 Å². The van der Waals surface area contributed by atoms with Crippen molar-refractivity contribution in [1.29, 1.82) is 0 Å². The summed E-state index contributed by atoms with van der Waals surface area (Å²) in [6, 6.07) is 3.42. The molecule has 0 atom stereocenters. The van der Waals surface area contributed by atoms with Gasteiger partial charge < -0.3 is 5.73 Å². The van der Waals surface area contributed by atoms with E-state index in [4.69, 9.17) is 5.73 Å². The molecule has 1 aromatic carbocycles. The van der Waals surface area contributed by atoms with Gasteiger partial charge in [-0.25, -0.2) is 13.4 Å². The maximum atomic E-state index is 12.6. The lowest BCUT2D eigenvalue weighted by atomic mass is 10.1. The zero-order chi connectivity index (χ0) is 15.8. The van der Waals surface area contributed by atoms with E-state index in [1.807, 2.05) is 19.2 Å². The summed E-state index contributed by atoms with van der Waals surface area (Å²) in [4.78, 5) is 4.52. The van der Waals surface area contributed by atoms with E-state index in [0.717, 1.165) is 5.69 Å². The van der Waals surface area contributed by atoms with Crippen molar-refractivity contribution in [3.8, 4) is 0 Å². The first kappa shape index (κ1) is 15.8. The molecule has 0 bridgehead atoms. The first-order valence-corrected chi connectivity index (χ1v) is 8.92. The van der Waals surface area contributed by atoms with E-state index in [1.54, 1.807) is 26.0 Å². The number of nitrogens with zero attached hydrogens (tertiary/aromatic N) is 1. The van der Waals surface area contributed by atoms with E-state index in [9.17, 15) is 8.42 Å². The third kappa shape index (κ3) is 3.19. The summed E-state index contributed by atoms with van der Waals surface area (Å²) in [5.74, 6) is 0.260. The second-order valence-corrected chi connectivity index (χ2v) is 7.74. The van der Waals surface area contributed by atoms with Gasteiger partial charge >= 0.3 is 0 Å². The minimum atomic E-state index is -3.69. The van der Waals surface area contributed by atoms with E-state index in [0.29, 0.717) is 21.9 Å². The monoisotopic (exact) mass is 325 g/mol. The third-order valence-corrected chi connectivity index (χ3v) is 5.78. The predicted molar refractivity (Wildman–Crippen MR) is 87.3 cm³/mol. The third-order valence-electron chi connectivity index (χ3n) is 3.25. The average molecular weight is 325 g/mol. The fourth-order valence-corrected chi connectivity index (χ4v) is 4.65. The number of thiazole rings is 1. The van der Waals surface area contributed by atoms with Gasteiger partial charge in [-0.05, 0) is 37.0 Å². The van der Waals surface area contributed by atoms with Crippen molar-refractivity contribution in [3.05, 3.63) is 34.3 Å². The van der Waals surface area contributed by atoms with Crippen molar-refractivity contribution in [2.75, 3.05) is 10.5 Å². The van der Waals surface area contributed by atoms with Crippen molar-refractivity contribution in [2.24, 2.45) is 0 Å². The molecular weight excluding hydrogens is 306 g/mol. The number of aryl methyl sites for hydroxylation is 1. The van der Waals surface area contributed by atoms with Crippen molar-refractivity contribution in [1.82, 2.24) is 4.98 Å². The molecule has 1 aromatic heterocycles. The molecule has 7 heteroatoms. The molecule has 2 aromatic rings. The lowest BCUT2D eigenvalue weighted by molar-refractivity contribution is 0.600. The van der Waals surface area contributed by atoms with E-state index in [1.165, 1.54) is 11.3 Å². The molecule has 0 aliphatic heterocycles. The smallest absolute Gasteiger partial charge is 0.264 e. The fraction of sp³-hybridized carbons (Fsp3) is 0.357. The SMILES string of the molecule is Cc1ccc(N)c(C)c1S(=O)(=O)Nc1nc(C(C)C)cs1. The van der Waals surface area contributed by atoms with Gasteiger partial charge in [0.15, 0.2) is 5.13 Å². The molecule has 0 radical (unpaired) electrons. The van der Waals surface area contributed by atoms with Crippen LogP contribution in [0.25, 0.3) is 0 Å². The number of hydrogen-bond donors (Lipinski definition) is 2. The maximum absolute atomic E-state index is 12.6. The van der Waals surface area contributed by atoms with E-state index in [2.05, 4.69) is 9.71 Å². The standard InChI is InChI=1S/C14H19N3O2S2/c1-8(2)12-7-20-14(16-12)17-21(18,19)13-9(3)5-6-11(15)10(13)4/h5-8H,15H2,1-4H3,(H,16,17).